The summed E-state index contributed by atoms with van der Waals surface area (Å²) in [7, 11) is 0. The number of nitrogens with one attached hydrogen (secondary N) is 1. The Morgan fingerprint density at radius 3 is 2.89 bits per heavy atom. The van der Waals surface area contributed by atoms with Crippen LogP contribution in [0.2, 0.25) is 0 Å². The highest BCUT2D eigenvalue weighted by atomic mass is 16.5. The fourth-order valence-corrected chi connectivity index (χ4v) is 3.78. The molecule has 0 saturated carbocycles. The molecule has 1 aliphatic heterocycles. The van der Waals surface area contributed by atoms with E-state index >= 15 is 0 Å². The van der Waals surface area contributed by atoms with Gasteiger partial charge in [0.25, 0.3) is 5.91 Å². The lowest BCUT2D eigenvalue weighted by Gasteiger charge is -2.28. The lowest BCUT2D eigenvalue weighted by Crippen LogP contribution is -2.37. The maximum absolute atomic E-state index is 12.6. The molecule has 142 valence electrons. The maximum atomic E-state index is 12.6. The summed E-state index contributed by atoms with van der Waals surface area (Å²) in [6.07, 6.45) is 9.78. The number of fused-ring (bicyclic) bond motifs is 1. The van der Waals surface area contributed by atoms with Crippen molar-refractivity contribution in [3.63, 3.8) is 0 Å². The number of aromatic nitrogens is 2. The number of carbonyl (C=O) groups is 1. The molecule has 1 amide bonds. The van der Waals surface area contributed by atoms with E-state index in [4.69, 9.17) is 4.74 Å². The lowest BCUT2D eigenvalue weighted by atomic mass is 9.97. The second-order valence-corrected chi connectivity index (χ2v) is 7.14. The van der Waals surface area contributed by atoms with E-state index in [9.17, 15) is 4.79 Å². The Hall–Kier alpha value is -2.47. The number of benzene rings is 1. The molecule has 0 spiro atoms. The van der Waals surface area contributed by atoms with Crippen LogP contribution in [0.15, 0.2) is 36.2 Å². The van der Waals surface area contributed by atoms with Crippen molar-refractivity contribution in [3.05, 3.63) is 41.7 Å². The first-order valence-electron chi connectivity index (χ1n) is 9.85. The van der Waals surface area contributed by atoms with Crippen molar-refractivity contribution in [3.8, 4) is 0 Å². The summed E-state index contributed by atoms with van der Waals surface area (Å²) in [5.41, 5.74) is 2.99. The number of nitrogens with zero attached hydrogens (tertiary/aromatic N) is 3. The summed E-state index contributed by atoms with van der Waals surface area (Å²) >= 11 is 0. The predicted octanol–water partition coefficient (Wildman–Crippen LogP) is 3.09. The molecular weight excluding hydrogens is 340 g/mol. The predicted molar refractivity (Wildman–Crippen MR) is 106 cm³/mol. The van der Waals surface area contributed by atoms with Gasteiger partial charge in [0.1, 0.15) is 12.1 Å². The van der Waals surface area contributed by atoms with Crippen molar-refractivity contribution < 1.29 is 9.53 Å². The molecule has 0 radical (unpaired) electrons. The van der Waals surface area contributed by atoms with Gasteiger partial charge in [0.2, 0.25) is 0 Å². The van der Waals surface area contributed by atoms with Gasteiger partial charge in [0.15, 0.2) is 0 Å². The highest BCUT2D eigenvalue weighted by Crippen LogP contribution is 2.25. The van der Waals surface area contributed by atoms with Gasteiger partial charge in [-0.15, -0.1) is 0 Å². The quantitative estimate of drug-likeness (QED) is 0.824. The molecule has 0 atom stereocenters. The minimum absolute atomic E-state index is 0.0370. The summed E-state index contributed by atoms with van der Waals surface area (Å²) in [5.74, 6) is 0.843. The fraction of sp³-hybridized carbons (Fsp3) is 0.476. The van der Waals surface area contributed by atoms with E-state index in [0.717, 1.165) is 36.2 Å². The third-order valence-corrected chi connectivity index (χ3v) is 5.30. The standard InChI is InChI=1S/C21H26N4O2/c26-21(22-9-8-16-4-2-1-3-5-16)17-6-7-19-18(14-17)20(24-15-23-19)25-10-12-27-13-11-25/h4,6-7,14-15H,1-3,5,8-13H2,(H,22,26). The molecule has 0 bridgehead atoms. The number of ether oxygens (including phenoxy) is 1. The van der Waals surface area contributed by atoms with Crippen LogP contribution in [-0.2, 0) is 4.74 Å². The van der Waals surface area contributed by atoms with E-state index in [-0.39, 0.29) is 5.91 Å². The molecular formula is C21H26N4O2. The number of rotatable bonds is 5. The first kappa shape index (κ1) is 17.9. The van der Waals surface area contributed by atoms with Gasteiger partial charge >= 0.3 is 0 Å². The normalized spacial score (nSPS) is 17.6. The highest BCUT2D eigenvalue weighted by molar-refractivity contribution is 6.00. The summed E-state index contributed by atoms with van der Waals surface area (Å²) in [4.78, 5) is 23.6. The molecule has 2 aliphatic rings. The zero-order chi connectivity index (χ0) is 18.5. The Morgan fingerprint density at radius 2 is 2.07 bits per heavy atom. The molecule has 1 aromatic heterocycles. The van der Waals surface area contributed by atoms with E-state index < -0.39 is 0 Å². The topological polar surface area (TPSA) is 67.4 Å². The monoisotopic (exact) mass is 366 g/mol. The Morgan fingerprint density at radius 1 is 1.19 bits per heavy atom. The lowest BCUT2D eigenvalue weighted by molar-refractivity contribution is 0.0954. The van der Waals surface area contributed by atoms with Gasteiger partial charge in [-0.1, -0.05) is 11.6 Å². The number of anilines is 1. The molecule has 0 unspecified atom stereocenters. The summed E-state index contributed by atoms with van der Waals surface area (Å²) in [6, 6.07) is 5.66. The van der Waals surface area contributed by atoms with Crippen LogP contribution in [0.25, 0.3) is 10.9 Å². The Bertz CT molecular complexity index is 843. The molecule has 6 heteroatoms. The average Bonchev–Trinajstić information content (AvgIpc) is 2.74. The largest absolute Gasteiger partial charge is 0.378 e. The molecule has 1 aliphatic carbocycles. The number of hydrogen-bond donors (Lipinski definition) is 1. The highest BCUT2D eigenvalue weighted by Gasteiger charge is 2.17. The average molecular weight is 366 g/mol. The van der Waals surface area contributed by atoms with Gasteiger partial charge in [-0.25, -0.2) is 9.97 Å². The third kappa shape index (κ3) is 4.27. The Labute approximate surface area is 159 Å². The van der Waals surface area contributed by atoms with Crippen molar-refractivity contribution in [1.82, 2.24) is 15.3 Å². The van der Waals surface area contributed by atoms with Crippen LogP contribution in [0.4, 0.5) is 5.82 Å². The van der Waals surface area contributed by atoms with Crippen LogP contribution in [0.3, 0.4) is 0 Å². The zero-order valence-electron chi connectivity index (χ0n) is 15.6. The zero-order valence-corrected chi connectivity index (χ0v) is 15.6. The van der Waals surface area contributed by atoms with Gasteiger partial charge in [0, 0.05) is 30.6 Å². The van der Waals surface area contributed by atoms with E-state index in [1.165, 1.54) is 31.3 Å². The van der Waals surface area contributed by atoms with Crippen LogP contribution in [0.1, 0.15) is 42.5 Å². The summed E-state index contributed by atoms with van der Waals surface area (Å²) in [6.45, 7) is 3.68. The van der Waals surface area contributed by atoms with Crippen LogP contribution in [0.5, 0.6) is 0 Å². The third-order valence-electron chi connectivity index (χ3n) is 5.30. The molecule has 1 fully saturated rings. The smallest absolute Gasteiger partial charge is 0.251 e. The van der Waals surface area contributed by atoms with Gasteiger partial charge in [-0.2, -0.15) is 0 Å². The Balaban J connectivity index is 1.48. The van der Waals surface area contributed by atoms with Gasteiger partial charge < -0.3 is 15.0 Å². The SMILES string of the molecule is O=C(NCCC1=CCCCC1)c1ccc2ncnc(N3CCOCC3)c2c1. The van der Waals surface area contributed by atoms with Crippen LogP contribution >= 0.6 is 0 Å². The molecule has 1 N–H and O–H groups in total. The van der Waals surface area contributed by atoms with Crippen molar-refractivity contribution in [1.29, 1.82) is 0 Å². The van der Waals surface area contributed by atoms with Crippen molar-refractivity contribution in [2.24, 2.45) is 0 Å². The number of allylic oxidation sites excluding steroid dienone is 1. The van der Waals surface area contributed by atoms with E-state index in [1.807, 2.05) is 18.2 Å². The van der Waals surface area contributed by atoms with Crippen LogP contribution in [0, 0.1) is 0 Å². The molecule has 1 saturated heterocycles. The summed E-state index contributed by atoms with van der Waals surface area (Å²) in [5, 5.41) is 3.97. The van der Waals surface area contributed by atoms with Gasteiger partial charge in [-0.05, 0) is 50.3 Å². The summed E-state index contributed by atoms with van der Waals surface area (Å²) < 4.78 is 5.44. The van der Waals surface area contributed by atoms with E-state index in [1.54, 1.807) is 6.33 Å². The first-order valence-corrected chi connectivity index (χ1v) is 9.85. The number of hydrogen-bond acceptors (Lipinski definition) is 5. The molecule has 2 aromatic rings. The van der Waals surface area contributed by atoms with Gasteiger partial charge in [0.05, 0.1) is 18.7 Å². The maximum Gasteiger partial charge on any atom is 0.251 e. The van der Waals surface area contributed by atoms with Crippen molar-refractivity contribution in [2.75, 3.05) is 37.7 Å². The minimum atomic E-state index is -0.0370. The number of carbonyl (C=O) groups excluding carboxylic acids is 1. The fourth-order valence-electron chi connectivity index (χ4n) is 3.78. The van der Waals surface area contributed by atoms with E-state index in [0.29, 0.717) is 25.3 Å². The van der Waals surface area contributed by atoms with Gasteiger partial charge in [-0.3, -0.25) is 4.79 Å². The molecule has 4 rings (SSSR count). The van der Waals surface area contributed by atoms with Crippen molar-refractivity contribution >= 4 is 22.6 Å². The van der Waals surface area contributed by atoms with Crippen molar-refractivity contribution in [2.45, 2.75) is 32.1 Å². The molecule has 1 aromatic carbocycles. The van der Waals surface area contributed by atoms with Crippen LogP contribution < -0.4 is 10.2 Å². The molecule has 6 nitrogen and oxygen atoms in total. The number of amides is 1. The van der Waals surface area contributed by atoms with Crippen LogP contribution in [-0.4, -0.2) is 48.7 Å². The number of morpholine rings is 1. The first-order chi connectivity index (χ1) is 13.3. The minimum Gasteiger partial charge on any atom is -0.378 e. The molecule has 2 heterocycles. The second kappa shape index (κ2) is 8.48. The second-order valence-electron chi connectivity index (χ2n) is 7.14. The molecule has 27 heavy (non-hydrogen) atoms. The van der Waals surface area contributed by atoms with E-state index in [2.05, 4.69) is 26.3 Å². The Kier molecular flexibility index (Phi) is 5.63.